The number of nitrogens with one attached hydrogen (secondary N) is 1. The quantitative estimate of drug-likeness (QED) is 0.728. The van der Waals surface area contributed by atoms with Gasteiger partial charge in [0.2, 0.25) is 5.91 Å². The van der Waals surface area contributed by atoms with Gasteiger partial charge in [0.25, 0.3) is 0 Å². The molecule has 1 aromatic rings. The molecule has 5 nitrogen and oxygen atoms in total. The van der Waals surface area contributed by atoms with Crippen LogP contribution in [0, 0.1) is 0 Å². The number of rotatable bonds is 4. The van der Waals surface area contributed by atoms with Crippen LogP contribution in [0.25, 0.3) is 0 Å². The molecule has 96 valence electrons. The number of benzene rings is 1. The van der Waals surface area contributed by atoms with Crippen LogP contribution in [0.1, 0.15) is 5.56 Å². The zero-order valence-corrected chi connectivity index (χ0v) is 10.3. The monoisotopic (exact) mass is 267 g/mol. The summed E-state index contributed by atoms with van der Waals surface area (Å²) in [6.45, 7) is -0.606. The molecular formula is C12H13NO4S. The highest BCUT2D eigenvalue weighted by Gasteiger charge is 2.30. The van der Waals surface area contributed by atoms with Crippen LogP contribution in [0.5, 0.6) is 0 Å². The van der Waals surface area contributed by atoms with Gasteiger partial charge in [-0.2, -0.15) is 0 Å². The van der Waals surface area contributed by atoms with Crippen LogP contribution in [0.3, 0.4) is 0 Å². The van der Waals surface area contributed by atoms with Crippen LogP contribution >= 0.6 is 11.8 Å². The predicted octanol–water partition coefficient (Wildman–Crippen LogP) is 0.265. The van der Waals surface area contributed by atoms with Crippen molar-refractivity contribution in [3.05, 3.63) is 29.8 Å². The van der Waals surface area contributed by atoms with E-state index >= 15 is 0 Å². The molecule has 0 saturated heterocycles. The van der Waals surface area contributed by atoms with Crippen molar-refractivity contribution in [3.8, 4) is 0 Å². The van der Waals surface area contributed by atoms with E-state index in [2.05, 4.69) is 5.32 Å². The van der Waals surface area contributed by atoms with Gasteiger partial charge in [-0.25, -0.2) is 4.79 Å². The third-order valence-electron chi connectivity index (χ3n) is 2.74. The third-order valence-corrected chi connectivity index (χ3v) is 4.05. The summed E-state index contributed by atoms with van der Waals surface area (Å²) in [5, 5.41) is 19.6. The summed E-state index contributed by atoms with van der Waals surface area (Å²) in [5.41, 5.74) is 1.10. The number of carboxylic acids is 1. The van der Waals surface area contributed by atoms with Gasteiger partial charge in [0.05, 0.1) is 11.9 Å². The number of carbonyl (C=O) groups is 2. The number of aliphatic hydroxyl groups excluding tert-OH is 1. The zero-order valence-electron chi connectivity index (χ0n) is 9.50. The summed E-state index contributed by atoms with van der Waals surface area (Å²) in [5.74, 6) is -1.58. The lowest BCUT2D eigenvalue weighted by Gasteiger charge is -2.14. The topological polar surface area (TPSA) is 86.6 Å². The molecule has 6 heteroatoms. The summed E-state index contributed by atoms with van der Waals surface area (Å²) >= 11 is 1.42. The van der Waals surface area contributed by atoms with Crippen molar-refractivity contribution in [1.29, 1.82) is 0 Å². The first-order chi connectivity index (χ1) is 8.61. The predicted molar refractivity (Wildman–Crippen MR) is 66.4 cm³/mol. The van der Waals surface area contributed by atoms with E-state index < -0.39 is 18.6 Å². The molecule has 1 unspecified atom stereocenters. The minimum Gasteiger partial charge on any atom is -0.480 e. The Morgan fingerprint density at radius 1 is 1.44 bits per heavy atom. The van der Waals surface area contributed by atoms with E-state index in [-0.39, 0.29) is 11.2 Å². The molecule has 0 saturated carbocycles. The van der Waals surface area contributed by atoms with Crippen LogP contribution in [0.2, 0.25) is 0 Å². The Morgan fingerprint density at radius 2 is 2.17 bits per heavy atom. The first-order valence-corrected chi connectivity index (χ1v) is 6.38. The van der Waals surface area contributed by atoms with Crippen LogP contribution in [0.4, 0.5) is 0 Å². The number of carboxylic acid groups (broad SMARTS) is 1. The minimum absolute atomic E-state index is 0.323. The highest BCUT2D eigenvalue weighted by atomic mass is 32.2. The van der Waals surface area contributed by atoms with E-state index in [1.54, 1.807) is 0 Å². The SMILES string of the molecule is O=C(N[C@H](CO)C(=O)O)C1Cc2ccccc2S1. The lowest BCUT2D eigenvalue weighted by molar-refractivity contribution is -0.142. The number of hydrogen-bond acceptors (Lipinski definition) is 4. The Hall–Kier alpha value is -1.53. The fraction of sp³-hybridized carbons (Fsp3) is 0.333. The number of hydrogen-bond donors (Lipinski definition) is 3. The van der Waals surface area contributed by atoms with Gasteiger partial charge in [-0.3, -0.25) is 4.79 Å². The Morgan fingerprint density at radius 3 is 2.78 bits per heavy atom. The lowest BCUT2D eigenvalue weighted by Crippen LogP contribution is -2.46. The Balaban J connectivity index is 1.99. The molecule has 1 aliphatic heterocycles. The van der Waals surface area contributed by atoms with E-state index in [4.69, 9.17) is 10.2 Å². The number of carbonyl (C=O) groups excluding carboxylic acids is 1. The average molecular weight is 267 g/mol. The first kappa shape index (κ1) is 12.9. The number of amides is 1. The molecule has 1 heterocycles. The van der Waals surface area contributed by atoms with Gasteiger partial charge < -0.3 is 15.5 Å². The van der Waals surface area contributed by atoms with Gasteiger partial charge in [-0.1, -0.05) is 18.2 Å². The molecular weight excluding hydrogens is 254 g/mol. The van der Waals surface area contributed by atoms with Crippen molar-refractivity contribution < 1.29 is 19.8 Å². The molecule has 1 amide bonds. The Kier molecular flexibility index (Phi) is 3.88. The third kappa shape index (κ3) is 2.65. The van der Waals surface area contributed by atoms with Crippen LogP contribution in [-0.4, -0.2) is 40.0 Å². The molecule has 0 fully saturated rings. The van der Waals surface area contributed by atoms with Crippen molar-refractivity contribution in [2.45, 2.75) is 22.6 Å². The minimum atomic E-state index is -1.23. The standard InChI is InChI=1S/C12H13NO4S/c14-6-8(12(16)17)13-11(15)10-5-7-3-1-2-4-9(7)18-10/h1-4,8,10,14H,5-6H2,(H,13,15)(H,16,17)/t8-,10?/m1/s1. The van der Waals surface area contributed by atoms with Gasteiger partial charge in [0.15, 0.2) is 0 Å². The van der Waals surface area contributed by atoms with Gasteiger partial charge in [-0.15, -0.1) is 11.8 Å². The summed E-state index contributed by atoms with van der Waals surface area (Å²) in [6, 6.07) is 6.47. The van der Waals surface area contributed by atoms with Crippen molar-refractivity contribution >= 4 is 23.6 Å². The van der Waals surface area contributed by atoms with Gasteiger partial charge in [0.1, 0.15) is 6.04 Å². The molecule has 1 aromatic carbocycles. The van der Waals surface area contributed by atoms with Crippen molar-refractivity contribution in [1.82, 2.24) is 5.32 Å². The fourth-order valence-corrected chi connectivity index (χ4v) is 2.98. The van der Waals surface area contributed by atoms with E-state index in [0.717, 1.165) is 10.5 Å². The normalized spacial score (nSPS) is 19.1. The molecule has 3 N–H and O–H groups in total. The van der Waals surface area contributed by atoms with E-state index in [9.17, 15) is 9.59 Å². The van der Waals surface area contributed by atoms with Crippen LogP contribution < -0.4 is 5.32 Å². The van der Waals surface area contributed by atoms with E-state index in [0.29, 0.717) is 6.42 Å². The van der Waals surface area contributed by atoms with Crippen LogP contribution in [0.15, 0.2) is 29.2 Å². The second kappa shape index (κ2) is 5.41. The molecule has 18 heavy (non-hydrogen) atoms. The maximum Gasteiger partial charge on any atom is 0.328 e. The second-order valence-corrected chi connectivity index (χ2v) is 5.24. The summed E-state index contributed by atoms with van der Waals surface area (Å²) in [6.07, 6.45) is 0.588. The summed E-state index contributed by atoms with van der Waals surface area (Å²) in [4.78, 5) is 23.6. The van der Waals surface area contributed by atoms with Crippen molar-refractivity contribution in [2.24, 2.45) is 0 Å². The molecule has 0 aromatic heterocycles. The maximum atomic E-state index is 11.9. The first-order valence-electron chi connectivity index (χ1n) is 5.50. The summed E-state index contributed by atoms with van der Waals surface area (Å²) < 4.78 is 0. The molecule has 0 bridgehead atoms. The number of aliphatic carboxylic acids is 1. The van der Waals surface area contributed by atoms with Crippen molar-refractivity contribution in [3.63, 3.8) is 0 Å². The molecule has 2 rings (SSSR count). The fourth-order valence-electron chi connectivity index (χ4n) is 1.78. The van der Waals surface area contributed by atoms with Crippen LogP contribution in [-0.2, 0) is 16.0 Å². The molecule has 1 aliphatic rings. The summed E-state index contributed by atoms with van der Waals surface area (Å²) in [7, 11) is 0. The number of thioether (sulfide) groups is 1. The second-order valence-electron chi connectivity index (χ2n) is 4.00. The molecule has 0 radical (unpaired) electrons. The smallest absolute Gasteiger partial charge is 0.328 e. The largest absolute Gasteiger partial charge is 0.480 e. The Labute approximate surface area is 108 Å². The average Bonchev–Trinajstić information content (AvgIpc) is 2.79. The van der Waals surface area contributed by atoms with Gasteiger partial charge >= 0.3 is 5.97 Å². The zero-order chi connectivity index (χ0) is 13.1. The lowest BCUT2D eigenvalue weighted by atomic mass is 10.1. The molecule has 0 aliphatic carbocycles. The molecule has 2 atom stereocenters. The maximum absolute atomic E-state index is 11.9. The highest BCUT2D eigenvalue weighted by molar-refractivity contribution is 8.01. The number of fused-ring (bicyclic) bond motifs is 1. The van der Waals surface area contributed by atoms with E-state index in [1.807, 2.05) is 24.3 Å². The van der Waals surface area contributed by atoms with Gasteiger partial charge in [0, 0.05) is 4.90 Å². The number of aliphatic hydroxyl groups is 1. The van der Waals surface area contributed by atoms with Crippen molar-refractivity contribution in [2.75, 3.05) is 6.61 Å². The highest BCUT2D eigenvalue weighted by Crippen LogP contribution is 2.36. The van der Waals surface area contributed by atoms with E-state index in [1.165, 1.54) is 11.8 Å². The molecule has 0 spiro atoms. The Bertz CT molecular complexity index is 452. The van der Waals surface area contributed by atoms with Gasteiger partial charge in [-0.05, 0) is 18.1 Å².